The predicted molar refractivity (Wildman–Crippen MR) is 71.5 cm³/mol. The monoisotopic (exact) mass is 256 g/mol. The Morgan fingerprint density at radius 1 is 1.21 bits per heavy atom. The lowest BCUT2D eigenvalue weighted by Crippen LogP contribution is -2.20. The number of carbonyl (C=O) groups excluding carboxylic acids is 1. The molecule has 1 aromatic carbocycles. The van der Waals surface area contributed by atoms with Gasteiger partial charge in [-0.15, -0.1) is 0 Å². The SMILES string of the molecule is O=C(/C=C/c1ccc(F)cc1)NCc1ccccn1. The molecular formula is C15H13FN2O. The first kappa shape index (κ1) is 13.0. The molecule has 0 bridgehead atoms. The summed E-state index contributed by atoms with van der Waals surface area (Å²) in [6.45, 7) is 0.382. The van der Waals surface area contributed by atoms with Gasteiger partial charge in [-0.3, -0.25) is 9.78 Å². The number of carbonyl (C=O) groups is 1. The van der Waals surface area contributed by atoms with E-state index in [2.05, 4.69) is 10.3 Å². The predicted octanol–water partition coefficient (Wildman–Crippen LogP) is 2.55. The van der Waals surface area contributed by atoms with E-state index in [0.29, 0.717) is 6.54 Å². The lowest BCUT2D eigenvalue weighted by atomic mass is 10.2. The van der Waals surface area contributed by atoms with E-state index < -0.39 is 0 Å². The highest BCUT2D eigenvalue weighted by Crippen LogP contribution is 2.04. The summed E-state index contributed by atoms with van der Waals surface area (Å²) in [7, 11) is 0. The zero-order chi connectivity index (χ0) is 13.5. The van der Waals surface area contributed by atoms with Crippen LogP contribution in [0.4, 0.5) is 4.39 Å². The van der Waals surface area contributed by atoms with E-state index in [1.807, 2.05) is 18.2 Å². The van der Waals surface area contributed by atoms with Crippen molar-refractivity contribution < 1.29 is 9.18 Å². The van der Waals surface area contributed by atoms with Gasteiger partial charge in [0, 0.05) is 12.3 Å². The van der Waals surface area contributed by atoms with Crippen LogP contribution in [0, 0.1) is 5.82 Å². The molecule has 0 atom stereocenters. The topological polar surface area (TPSA) is 42.0 Å². The Bertz CT molecular complexity index is 564. The van der Waals surface area contributed by atoms with Crippen LogP contribution >= 0.6 is 0 Å². The lowest BCUT2D eigenvalue weighted by Gasteiger charge is -2.00. The fraction of sp³-hybridized carbons (Fsp3) is 0.0667. The Kier molecular flexibility index (Phi) is 4.39. The average Bonchev–Trinajstić information content (AvgIpc) is 2.45. The normalized spacial score (nSPS) is 10.6. The summed E-state index contributed by atoms with van der Waals surface area (Å²) in [5.74, 6) is -0.508. The molecular weight excluding hydrogens is 243 g/mol. The number of hydrogen-bond acceptors (Lipinski definition) is 2. The fourth-order valence-corrected chi connectivity index (χ4v) is 1.49. The van der Waals surface area contributed by atoms with E-state index in [0.717, 1.165) is 11.3 Å². The maximum absolute atomic E-state index is 12.7. The molecule has 0 aliphatic rings. The highest BCUT2D eigenvalue weighted by molar-refractivity contribution is 5.91. The molecule has 1 N–H and O–H groups in total. The number of pyridine rings is 1. The van der Waals surface area contributed by atoms with E-state index in [1.54, 1.807) is 24.4 Å². The molecule has 2 rings (SSSR count). The number of nitrogens with zero attached hydrogens (tertiary/aromatic N) is 1. The number of nitrogens with one attached hydrogen (secondary N) is 1. The minimum atomic E-state index is -0.295. The van der Waals surface area contributed by atoms with Gasteiger partial charge in [0.15, 0.2) is 0 Å². The van der Waals surface area contributed by atoms with E-state index in [4.69, 9.17) is 0 Å². The quantitative estimate of drug-likeness (QED) is 0.854. The summed E-state index contributed by atoms with van der Waals surface area (Å²) in [6, 6.07) is 11.4. The van der Waals surface area contributed by atoms with Gasteiger partial charge in [0.25, 0.3) is 0 Å². The number of amides is 1. The first-order valence-corrected chi connectivity index (χ1v) is 5.85. The van der Waals surface area contributed by atoms with Crippen molar-refractivity contribution in [3.63, 3.8) is 0 Å². The van der Waals surface area contributed by atoms with Crippen molar-refractivity contribution in [1.82, 2.24) is 10.3 Å². The highest BCUT2D eigenvalue weighted by atomic mass is 19.1. The van der Waals surface area contributed by atoms with Crippen LogP contribution in [0.15, 0.2) is 54.7 Å². The van der Waals surface area contributed by atoms with E-state index in [9.17, 15) is 9.18 Å². The molecule has 1 amide bonds. The Morgan fingerprint density at radius 3 is 2.68 bits per heavy atom. The largest absolute Gasteiger partial charge is 0.347 e. The van der Waals surface area contributed by atoms with Crippen LogP contribution in [0.2, 0.25) is 0 Å². The van der Waals surface area contributed by atoms with Gasteiger partial charge >= 0.3 is 0 Å². The molecule has 0 radical (unpaired) electrons. The first-order chi connectivity index (χ1) is 9.24. The molecule has 4 heteroatoms. The average molecular weight is 256 g/mol. The Hall–Kier alpha value is -2.49. The lowest BCUT2D eigenvalue weighted by molar-refractivity contribution is -0.116. The second kappa shape index (κ2) is 6.44. The minimum Gasteiger partial charge on any atom is -0.347 e. The van der Waals surface area contributed by atoms with E-state index in [1.165, 1.54) is 18.2 Å². The molecule has 0 unspecified atom stereocenters. The van der Waals surface area contributed by atoms with Crippen molar-refractivity contribution in [3.8, 4) is 0 Å². The van der Waals surface area contributed by atoms with E-state index >= 15 is 0 Å². The molecule has 0 fully saturated rings. The molecule has 2 aromatic rings. The zero-order valence-electron chi connectivity index (χ0n) is 10.2. The minimum absolute atomic E-state index is 0.213. The number of aromatic nitrogens is 1. The third kappa shape index (κ3) is 4.35. The van der Waals surface area contributed by atoms with Crippen molar-refractivity contribution in [2.45, 2.75) is 6.54 Å². The molecule has 1 heterocycles. The van der Waals surface area contributed by atoms with Crippen LogP contribution in [0.25, 0.3) is 6.08 Å². The maximum Gasteiger partial charge on any atom is 0.244 e. The molecule has 3 nitrogen and oxygen atoms in total. The fourth-order valence-electron chi connectivity index (χ4n) is 1.49. The van der Waals surface area contributed by atoms with Crippen molar-refractivity contribution in [1.29, 1.82) is 0 Å². The van der Waals surface area contributed by atoms with Crippen molar-refractivity contribution in [3.05, 3.63) is 71.8 Å². The van der Waals surface area contributed by atoms with Crippen LogP contribution in [-0.4, -0.2) is 10.9 Å². The van der Waals surface area contributed by atoms with Crippen LogP contribution < -0.4 is 5.32 Å². The Morgan fingerprint density at radius 2 is 2.00 bits per heavy atom. The molecule has 0 aliphatic heterocycles. The highest BCUT2D eigenvalue weighted by Gasteiger charge is 1.97. The summed E-state index contributed by atoms with van der Waals surface area (Å²) in [5, 5.41) is 2.72. The number of halogens is 1. The molecule has 96 valence electrons. The van der Waals surface area contributed by atoms with Gasteiger partial charge < -0.3 is 5.32 Å². The van der Waals surface area contributed by atoms with Crippen molar-refractivity contribution >= 4 is 12.0 Å². The number of rotatable bonds is 4. The second-order valence-electron chi connectivity index (χ2n) is 3.92. The van der Waals surface area contributed by atoms with Gasteiger partial charge in [0.1, 0.15) is 5.82 Å². The summed E-state index contributed by atoms with van der Waals surface area (Å²) in [4.78, 5) is 15.7. The van der Waals surface area contributed by atoms with Gasteiger partial charge in [-0.2, -0.15) is 0 Å². The zero-order valence-corrected chi connectivity index (χ0v) is 10.2. The van der Waals surface area contributed by atoms with Gasteiger partial charge in [0.2, 0.25) is 5.91 Å². The van der Waals surface area contributed by atoms with Crippen molar-refractivity contribution in [2.24, 2.45) is 0 Å². The summed E-state index contributed by atoms with van der Waals surface area (Å²) in [5.41, 5.74) is 1.57. The molecule has 0 aliphatic carbocycles. The smallest absolute Gasteiger partial charge is 0.244 e. The van der Waals surface area contributed by atoms with Gasteiger partial charge in [-0.25, -0.2) is 4.39 Å². The Balaban J connectivity index is 1.86. The molecule has 0 spiro atoms. The second-order valence-corrected chi connectivity index (χ2v) is 3.92. The standard InChI is InChI=1S/C15H13FN2O/c16-13-7-4-12(5-8-13)6-9-15(19)18-11-14-3-1-2-10-17-14/h1-10H,11H2,(H,18,19)/b9-6+. The summed E-state index contributed by atoms with van der Waals surface area (Å²) < 4.78 is 12.7. The third-order valence-electron chi connectivity index (χ3n) is 2.47. The van der Waals surface area contributed by atoms with Crippen LogP contribution in [-0.2, 0) is 11.3 Å². The van der Waals surface area contributed by atoms with Crippen LogP contribution in [0.5, 0.6) is 0 Å². The summed E-state index contributed by atoms with van der Waals surface area (Å²) in [6.07, 6.45) is 4.72. The molecule has 1 aromatic heterocycles. The first-order valence-electron chi connectivity index (χ1n) is 5.85. The molecule has 0 saturated carbocycles. The summed E-state index contributed by atoms with van der Waals surface area (Å²) >= 11 is 0. The van der Waals surface area contributed by atoms with Gasteiger partial charge in [0.05, 0.1) is 12.2 Å². The number of hydrogen-bond donors (Lipinski definition) is 1. The van der Waals surface area contributed by atoms with Crippen molar-refractivity contribution in [2.75, 3.05) is 0 Å². The third-order valence-corrected chi connectivity index (χ3v) is 2.47. The van der Waals surface area contributed by atoms with Gasteiger partial charge in [-0.1, -0.05) is 18.2 Å². The van der Waals surface area contributed by atoms with Crippen LogP contribution in [0.3, 0.4) is 0 Å². The van der Waals surface area contributed by atoms with Gasteiger partial charge in [-0.05, 0) is 35.9 Å². The molecule has 0 saturated heterocycles. The van der Waals surface area contributed by atoms with Crippen LogP contribution in [0.1, 0.15) is 11.3 Å². The Labute approximate surface area is 110 Å². The molecule has 19 heavy (non-hydrogen) atoms. The number of benzene rings is 1. The van der Waals surface area contributed by atoms with E-state index in [-0.39, 0.29) is 11.7 Å². The maximum atomic E-state index is 12.7.